The number of phenolic OH excluding ortho intramolecular Hbond substituents is 1. The van der Waals surface area contributed by atoms with Crippen molar-refractivity contribution in [2.24, 2.45) is 5.92 Å². The Bertz CT molecular complexity index is 711. The molecule has 0 amide bonds. The number of aliphatic hydroxyl groups is 1. The lowest BCUT2D eigenvalue weighted by molar-refractivity contribution is -0.926. The zero-order valence-electron chi connectivity index (χ0n) is 13.0. The minimum absolute atomic E-state index is 0.158. The van der Waals surface area contributed by atoms with E-state index in [1.54, 1.807) is 6.07 Å². The molecule has 1 spiro atoms. The van der Waals surface area contributed by atoms with Crippen molar-refractivity contribution in [3.8, 4) is 11.5 Å². The van der Waals surface area contributed by atoms with Crippen LogP contribution in [0, 0.1) is 5.92 Å². The first-order valence-electron chi connectivity index (χ1n) is 8.16. The van der Waals surface area contributed by atoms with Crippen molar-refractivity contribution < 1.29 is 19.4 Å². The standard InChI is InChI=1S/C18H21NO3/c1-19(2)8-7-18-11-4-6-14(21)17(18)22-16-13(20)5-3-10(15(16)18)9-12(11)19/h3-6,11-12,14,17,21H,7-9H2,1-2H3/p+1. The number of phenols is 1. The Kier molecular flexibility index (Phi) is 2.17. The molecule has 4 aliphatic rings. The molecule has 4 nitrogen and oxygen atoms in total. The molecule has 116 valence electrons. The Morgan fingerprint density at radius 2 is 2.09 bits per heavy atom. The van der Waals surface area contributed by atoms with Crippen molar-refractivity contribution in [2.75, 3.05) is 20.6 Å². The van der Waals surface area contributed by atoms with E-state index in [-0.39, 0.29) is 17.3 Å². The fourth-order valence-corrected chi connectivity index (χ4v) is 5.60. The quantitative estimate of drug-likeness (QED) is 0.561. The average molecular weight is 300 g/mol. The van der Waals surface area contributed by atoms with E-state index < -0.39 is 6.10 Å². The number of aliphatic hydroxyl groups excluding tert-OH is 1. The van der Waals surface area contributed by atoms with E-state index in [1.807, 2.05) is 6.08 Å². The second-order valence-corrected chi connectivity index (χ2v) is 7.95. The Hall–Kier alpha value is -1.52. The SMILES string of the molecule is C[N+]1(C)CCC23c4c5ccc(O)c4OC2C(O)C=CC3C1C5. The van der Waals surface area contributed by atoms with Crippen LogP contribution in [-0.4, -0.2) is 53.6 Å². The van der Waals surface area contributed by atoms with E-state index in [1.165, 1.54) is 11.1 Å². The summed E-state index contributed by atoms with van der Waals surface area (Å²) in [5.41, 5.74) is 2.32. The second kappa shape index (κ2) is 3.69. The molecule has 0 saturated carbocycles. The number of rotatable bonds is 0. The predicted octanol–water partition coefficient (Wildman–Crippen LogP) is 1.34. The molecule has 5 unspecified atom stereocenters. The Morgan fingerprint density at radius 1 is 1.27 bits per heavy atom. The van der Waals surface area contributed by atoms with Crippen LogP contribution in [0.15, 0.2) is 24.3 Å². The van der Waals surface area contributed by atoms with Gasteiger partial charge in [-0.1, -0.05) is 18.2 Å². The molecule has 2 aliphatic heterocycles. The number of likely N-dealkylation sites (tertiary alicyclic amines) is 1. The van der Waals surface area contributed by atoms with E-state index in [4.69, 9.17) is 4.74 Å². The number of nitrogens with zero attached hydrogens (tertiary/aromatic N) is 1. The predicted molar refractivity (Wildman–Crippen MR) is 81.9 cm³/mol. The number of piperidine rings is 1. The lowest BCUT2D eigenvalue weighted by Crippen LogP contribution is -2.70. The fourth-order valence-electron chi connectivity index (χ4n) is 5.60. The summed E-state index contributed by atoms with van der Waals surface area (Å²) in [6, 6.07) is 4.31. The highest BCUT2D eigenvalue weighted by atomic mass is 16.5. The summed E-state index contributed by atoms with van der Waals surface area (Å²) < 4.78 is 7.14. The normalized spacial score (nSPS) is 42.7. The molecular formula is C18H22NO3+. The first-order chi connectivity index (χ1) is 10.4. The number of likely N-dealkylation sites (N-methyl/N-ethyl adjacent to an activating group) is 1. The highest BCUT2D eigenvalue weighted by molar-refractivity contribution is 5.61. The summed E-state index contributed by atoms with van der Waals surface area (Å²) in [5, 5.41) is 20.8. The topological polar surface area (TPSA) is 49.7 Å². The molecule has 5 rings (SSSR count). The molecule has 1 saturated heterocycles. The summed E-state index contributed by atoms with van der Waals surface area (Å²) in [7, 11) is 4.63. The van der Waals surface area contributed by atoms with Crippen LogP contribution in [0.5, 0.6) is 11.5 Å². The van der Waals surface area contributed by atoms with E-state index in [9.17, 15) is 10.2 Å². The first-order valence-corrected chi connectivity index (χ1v) is 8.16. The summed E-state index contributed by atoms with van der Waals surface area (Å²) in [6.45, 7) is 1.08. The number of quaternary nitrogens is 1. The minimum atomic E-state index is -0.594. The molecule has 0 aromatic heterocycles. The summed E-state index contributed by atoms with van der Waals surface area (Å²) >= 11 is 0. The van der Waals surface area contributed by atoms with Crippen LogP contribution in [0.25, 0.3) is 0 Å². The van der Waals surface area contributed by atoms with Gasteiger partial charge in [-0.25, -0.2) is 0 Å². The molecule has 2 aliphatic carbocycles. The maximum Gasteiger partial charge on any atom is 0.165 e. The van der Waals surface area contributed by atoms with Gasteiger partial charge in [0.2, 0.25) is 0 Å². The summed E-state index contributed by atoms with van der Waals surface area (Å²) in [6.07, 6.45) is 5.28. The third-order valence-corrected chi connectivity index (χ3v) is 6.70. The molecule has 1 aromatic rings. The Balaban J connectivity index is 1.84. The minimum Gasteiger partial charge on any atom is -0.504 e. The highest BCUT2D eigenvalue weighted by Gasteiger charge is 2.67. The number of hydrogen-bond donors (Lipinski definition) is 2. The lowest BCUT2D eigenvalue weighted by atomic mass is 9.53. The first kappa shape index (κ1) is 13.0. The van der Waals surface area contributed by atoms with Crippen LogP contribution in [-0.2, 0) is 11.8 Å². The second-order valence-electron chi connectivity index (χ2n) is 7.95. The third-order valence-electron chi connectivity index (χ3n) is 6.70. The van der Waals surface area contributed by atoms with Gasteiger partial charge >= 0.3 is 0 Å². The van der Waals surface area contributed by atoms with E-state index in [0.717, 1.165) is 23.9 Å². The Labute approximate surface area is 130 Å². The van der Waals surface area contributed by atoms with Crippen LogP contribution >= 0.6 is 0 Å². The van der Waals surface area contributed by atoms with Gasteiger partial charge in [0.05, 0.1) is 26.1 Å². The van der Waals surface area contributed by atoms with Gasteiger partial charge in [-0.3, -0.25) is 0 Å². The molecule has 4 heteroatoms. The van der Waals surface area contributed by atoms with Crippen molar-refractivity contribution >= 4 is 0 Å². The van der Waals surface area contributed by atoms with Gasteiger partial charge in [0, 0.05) is 24.3 Å². The maximum atomic E-state index is 10.5. The fraction of sp³-hybridized carbons (Fsp3) is 0.556. The van der Waals surface area contributed by atoms with Gasteiger partial charge in [-0.05, 0) is 11.6 Å². The maximum absolute atomic E-state index is 10.5. The summed E-state index contributed by atoms with van der Waals surface area (Å²) in [5.74, 6) is 1.22. The van der Waals surface area contributed by atoms with Gasteiger partial charge in [0.25, 0.3) is 0 Å². The van der Waals surface area contributed by atoms with Crippen molar-refractivity contribution in [3.63, 3.8) is 0 Å². The third kappa shape index (κ3) is 1.24. The molecule has 2 N–H and O–H groups in total. The zero-order valence-corrected chi connectivity index (χ0v) is 13.0. The number of ether oxygens (including phenoxy) is 1. The largest absolute Gasteiger partial charge is 0.504 e. The van der Waals surface area contributed by atoms with Gasteiger partial charge in [0.15, 0.2) is 11.5 Å². The number of aromatic hydroxyl groups is 1. The van der Waals surface area contributed by atoms with Crippen molar-refractivity contribution in [2.45, 2.75) is 36.5 Å². The van der Waals surface area contributed by atoms with Crippen LogP contribution in [0.2, 0.25) is 0 Å². The van der Waals surface area contributed by atoms with Gasteiger partial charge < -0.3 is 19.4 Å². The van der Waals surface area contributed by atoms with Crippen LogP contribution in [0.1, 0.15) is 17.5 Å². The van der Waals surface area contributed by atoms with Gasteiger partial charge in [-0.15, -0.1) is 0 Å². The molecule has 5 atom stereocenters. The monoisotopic (exact) mass is 300 g/mol. The van der Waals surface area contributed by atoms with Gasteiger partial charge in [0.1, 0.15) is 18.2 Å². The molecule has 0 radical (unpaired) electrons. The van der Waals surface area contributed by atoms with E-state index in [0.29, 0.717) is 17.7 Å². The van der Waals surface area contributed by atoms with Crippen LogP contribution in [0.4, 0.5) is 0 Å². The molecule has 22 heavy (non-hydrogen) atoms. The average Bonchev–Trinajstić information content (AvgIpc) is 2.84. The summed E-state index contributed by atoms with van der Waals surface area (Å²) in [4.78, 5) is 0. The Morgan fingerprint density at radius 3 is 2.91 bits per heavy atom. The molecule has 2 heterocycles. The molecule has 1 fully saturated rings. The molecular weight excluding hydrogens is 278 g/mol. The number of hydrogen-bond acceptors (Lipinski definition) is 3. The van der Waals surface area contributed by atoms with Crippen LogP contribution in [0.3, 0.4) is 0 Å². The van der Waals surface area contributed by atoms with Crippen molar-refractivity contribution in [3.05, 3.63) is 35.4 Å². The van der Waals surface area contributed by atoms with Crippen molar-refractivity contribution in [1.82, 2.24) is 0 Å². The highest BCUT2D eigenvalue weighted by Crippen LogP contribution is 2.63. The molecule has 1 aromatic carbocycles. The zero-order chi connectivity index (χ0) is 15.3. The smallest absolute Gasteiger partial charge is 0.165 e. The van der Waals surface area contributed by atoms with Gasteiger partial charge in [-0.2, -0.15) is 0 Å². The molecule has 2 bridgehead atoms. The van der Waals surface area contributed by atoms with Crippen LogP contribution < -0.4 is 4.74 Å². The number of benzene rings is 1. The van der Waals surface area contributed by atoms with Crippen molar-refractivity contribution in [1.29, 1.82) is 0 Å². The van der Waals surface area contributed by atoms with E-state index >= 15 is 0 Å². The van der Waals surface area contributed by atoms with E-state index in [2.05, 4.69) is 26.2 Å². The lowest BCUT2D eigenvalue weighted by Gasteiger charge is -2.58.